The quantitative estimate of drug-likeness (QED) is 0.742. The monoisotopic (exact) mass is 380 g/mol. The van der Waals surface area contributed by atoms with Crippen LogP contribution in [0.4, 0.5) is 4.39 Å². The lowest BCUT2D eigenvalue weighted by Gasteiger charge is -2.39. The van der Waals surface area contributed by atoms with Crippen molar-refractivity contribution in [1.82, 2.24) is 9.80 Å². The number of nitrogens with zero attached hydrogens (tertiary/aromatic N) is 2. The minimum atomic E-state index is -1.28. The van der Waals surface area contributed by atoms with Crippen molar-refractivity contribution >= 4 is 5.91 Å². The van der Waals surface area contributed by atoms with Crippen LogP contribution in [0.25, 0.3) is 0 Å². The van der Waals surface area contributed by atoms with Gasteiger partial charge in [-0.2, -0.15) is 0 Å². The second-order valence-electron chi connectivity index (χ2n) is 8.38. The Morgan fingerprint density at radius 3 is 2.29 bits per heavy atom. The third-order valence-electron chi connectivity index (χ3n) is 6.24. The van der Waals surface area contributed by atoms with Gasteiger partial charge in [0.05, 0.1) is 6.54 Å². The van der Waals surface area contributed by atoms with Crippen molar-refractivity contribution in [3.8, 4) is 0 Å². The Balaban J connectivity index is 1.34. The van der Waals surface area contributed by atoms with E-state index in [4.69, 9.17) is 0 Å². The molecule has 1 aliphatic carbocycles. The van der Waals surface area contributed by atoms with Crippen molar-refractivity contribution in [1.29, 1.82) is 0 Å². The van der Waals surface area contributed by atoms with Gasteiger partial charge in [0.1, 0.15) is 5.67 Å². The van der Waals surface area contributed by atoms with E-state index in [2.05, 4.69) is 29.2 Å². The minimum absolute atomic E-state index is 0.00725. The van der Waals surface area contributed by atoms with Gasteiger partial charge in [0.15, 0.2) is 0 Å². The van der Waals surface area contributed by atoms with E-state index in [0.717, 1.165) is 26.1 Å². The van der Waals surface area contributed by atoms with Crippen molar-refractivity contribution < 1.29 is 9.18 Å². The van der Waals surface area contributed by atoms with Crippen LogP contribution in [-0.2, 0) is 11.3 Å². The molecule has 2 aromatic rings. The topological polar surface area (TPSA) is 23.6 Å². The summed E-state index contributed by atoms with van der Waals surface area (Å²) in [5.74, 6) is 0.346. The normalized spacial score (nSPS) is 23.9. The van der Waals surface area contributed by atoms with Crippen LogP contribution in [0.2, 0.25) is 0 Å². The van der Waals surface area contributed by atoms with Gasteiger partial charge in [0.25, 0.3) is 0 Å². The molecule has 1 heterocycles. The summed E-state index contributed by atoms with van der Waals surface area (Å²) < 4.78 is 15.6. The highest BCUT2D eigenvalue weighted by atomic mass is 19.1. The van der Waals surface area contributed by atoms with Crippen molar-refractivity contribution in [2.75, 3.05) is 19.6 Å². The Morgan fingerprint density at radius 2 is 1.68 bits per heavy atom. The van der Waals surface area contributed by atoms with Gasteiger partial charge in [0.2, 0.25) is 5.91 Å². The van der Waals surface area contributed by atoms with Crippen molar-refractivity contribution in [3.05, 3.63) is 71.8 Å². The van der Waals surface area contributed by atoms with Crippen LogP contribution in [0.1, 0.15) is 43.2 Å². The first kappa shape index (κ1) is 19.1. The molecule has 1 saturated carbocycles. The molecule has 2 unspecified atom stereocenters. The van der Waals surface area contributed by atoms with Gasteiger partial charge in [-0.25, -0.2) is 4.39 Å². The maximum Gasteiger partial charge on any atom is 0.219 e. The molecule has 1 amide bonds. The Morgan fingerprint density at radius 1 is 1.07 bits per heavy atom. The number of hydrogen-bond donors (Lipinski definition) is 0. The first-order valence-electron chi connectivity index (χ1n) is 10.3. The lowest BCUT2D eigenvalue weighted by molar-refractivity contribution is -0.132. The van der Waals surface area contributed by atoms with E-state index in [1.807, 2.05) is 36.4 Å². The maximum absolute atomic E-state index is 15.6. The van der Waals surface area contributed by atoms with Crippen molar-refractivity contribution in [2.24, 2.45) is 0 Å². The number of likely N-dealkylation sites (tertiary alicyclic amines) is 1. The van der Waals surface area contributed by atoms with Crippen LogP contribution in [0, 0.1) is 0 Å². The number of benzene rings is 2. The zero-order chi connectivity index (χ0) is 19.6. The molecular formula is C24H29FN2O. The van der Waals surface area contributed by atoms with E-state index < -0.39 is 5.67 Å². The highest BCUT2D eigenvalue weighted by Crippen LogP contribution is 2.45. The molecule has 2 fully saturated rings. The molecule has 2 aliphatic rings. The standard InChI is InChI=1S/C24H29FN2O/c1-19(28)27(23-16-22(23)21-10-6-3-7-11-21)18-24(25)12-14-26(15-13-24)17-20-8-4-2-5-9-20/h2-11,22-23H,12-18H2,1H3. The molecule has 148 valence electrons. The molecule has 0 N–H and O–H groups in total. The summed E-state index contributed by atoms with van der Waals surface area (Å²) in [5.41, 5.74) is 1.25. The van der Waals surface area contributed by atoms with E-state index in [9.17, 15) is 4.79 Å². The third kappa shape index (κ3) is 4.44. The number of rotatable bonds is 6. The minimum Gasteiger partial charge on any atom is -0.336 e. The molecule has 3 nitrogen and oxygen atoms in total. The maximum atomic E-state index is 15.6. The van der Waals surface area contributed by atoms with Crippen LogP contribution in [0.5, 0.6) is 0 Å². The summed E-state index contributed by atoms with van der Waals surface area (Å²) in [5, 5.41) is 0. The summed E-state index contributed by atoms with van der Waals surface area (Å²) in [7, 11) is 0. The van der Waals surface area contributed by atoms with Crippen molar-refractivity contribution in [2.45, 2.75) is 50.4 Å². The largest absolute Gasteiger partial charge is 0.336 e. The number of carbonyl (C=O) groups excluding carboxylic acids is 1. The molecule has 1 aliphatic heterocycles. The first-order chi connectivity index (χ1) is 13.5. The number of halogens is 1. The Labute approximate surface area is 167 Å². The first-order valence-corrected chi connectivity index (χ1v) is 10.3. The zero-order valence-corrected chi connectivity index (χ0v) is 16.6. The van der Waals surface area contributed by atoms with Gasteiger partial charge in [0, 0.05) is 38.5 Å². The molecule has 0 bridgehead atoms. The van der Waals surface area contributed by atoms with Gasteiger partial charge in [-0.3, -0.25) is 9.69 Å². The lowest BCUT2D eigenvalue weighted by Crippen LogP contribution is -2.50. The number of hydrogen-bond acceptors (Lipinski definition) is 2. The Kier molecular flexibility index (Phi) is 5.49. The molecule has 4 rings (SSSR count). The van der Waals surface area contributed by atoms with Crippen LogP contribution in [0.3, 0.4) is 0 Å². The fourth-order valence-corrected chi connectivity index (χ4v) is 4.46. The van der Waals surface area contributed by atoms with Gasteiger partial charge < -0.3 is 4.90 Å². The average Bonchev–Trinajstić information content (AvgIpc) is 3.50. The molecule has 0 radical (unpaired) electrons. The fraction of sp³-hybridized carbons (Fsp3) is 0.458. The molecule has 2 atom stereocenters. The number of alkyl halides is 1. The highest BCUT2D eigenvalue weighted by molar-refractivity contribution is 5.74. The van der Waals surface area contributed by atoms with Gasteiger partial charge in [-0.15, -0.1) is 0 Å². The van der Waals surface area contributed by atoms with E-state index >= 15 is 4.39 Å². The molecule has 4 heteroatoms. The predicted octanol–water partition coefficient (Wildman–Crippen LogP) is 4.40. The average molecular weight is 381 g/mol. The summed E-state index contributed by atoms with van der Waals surface area (Å²) in [4.78, 5) is 16.4. The third-order valence-corrected chi connectivity index (χ3v) is 6.24. The second-order valence-corrected chi connectivity index (χ2v) is 8.38. The van der Waals surface area contributed by atoms with Crippen LogP contribution >= 0.6 is 0 Å². The van der Waals surface area contributed by atoms with Crippen LogP contribution in [0.15, 0.2) is 60.7 Å². The van der Waals surface area contributed by atoms with Gasteiger partial charge >= 0.3 is 0 Å². The van der Waals surface area contributed by atoms with E-state index in [1.165, 1.54) is 11.1 Å². The number of piperidine rings is 1. The Bertz CT molecular complexity index is 787. The van der Waals surface area contributed by atoms with Gasteiger partial charge in [-0.05, 0) is 30.4 Å². The molecule has 1 saturated heterocycles. The SMILES string of the molecule is CC(=O)N(CC1(F)CCN(Cc2ccccc2)CC1)C1CC1c1ccccc1. The molecular weight excluding hydrogens is 351 g/mol. The molecule has 2 aromatic carbocycles. The zero-order valence-electron chi connectivity index (χ0n) is 16.6. The van der Waals surface area contributed by atoms with Crippen LogP contribution < -0.4 is 0 Å². The summed E-state index contributed by atoms with van der Waals surface area (Å²) in [6.07, 6.45) is 1.93. The Hall–Kier alpha value is -2.20. The summed E-state index contributed by atoms with van der Waals surface area (Å²) >= 11 is 0. The van der Waals surface area contributed by atoms with Gasteiger partial charge in [-0.1, -0.05) is 60.7 Å². The summed E-state index contributed by atoms with van der Waals surface area (Å²) in [6.45, 7) is 4.16. The van der Waals surface area contributed by atoms with E-state index in [-0.39, 0.29) is 18.5 Å². The molecule has 28 heavy (non-hydrogen) atoms. The smallest absolute Gasteiger partial charge is 0.219 e. The number of carbonyl (C=O) groups is 1. The van der Waals surface area contributed by atoms with Crippen LogP contribution in [-0.4, -0.2) is 47.1 Å². The van der Waals surface area contributed by atoms with E-state index in [0.29, 0.717) is 18.8 Å². The molecule has 0 aromatic heterocycles. The second kappa shape index (κ2) is 8.04. The van der Waals surface area contributed by atoms with E-state index in [1.54, 1.807) is 11.8 Å². The highest BCUT2D eigenvalue weighted by Gasteiger charge is 2.47. The summed E-state index contributed by atoms with van der Waals surface area (Å²) in [6, 6.07) is 20.8. The number of amides is 1. The lowest BCUT2D eigenvalue weighted by atomic mass is 9.92. The fourth-order valence-electron chi connectivity index (χ4n) is 4.46. The van der Waals surface area contributed by atoms with Crippen molar-refractivity contribution in [3.63, 3.8) is 0 Å². The molecule has 0 spiro atoms. The predicted molar refractivity (Wildman–Crippen MR) is 110 cm³/mol.